The van der Waals surface area contributed by atoms with Crippen LogP contribution in [0.2, 0.25) is 0 Å². The van der Waals surface area contributed by atoms with Crippen molar-refractivity contribution in [2.24, 2.45) is 0 Å². The van der Waals surface area contributed by atoms with E-state index < -0.39 is 17.9 Å². The first kappa shape index (κ1) is 14.8. The minimum Gasteiger partial charge on any atom is -0.493 e. The highest BCUT2D eigenvalue weighted by molar-refractivity contribution is 9.09. The number of alkyl halides is 4. The van der Waals surface area contributed by atoms with E-state index in [-0.39, 0.29) is 23.2 Å². The van der Waals surface area contributed by atoms with Gasteiger partial charge >= 0.3 is 6.36 Å². The van der Waals surface area contributed by atoms with E-state index in [0.717, 1.165) is 6.07 Å². The van der Waals surface area contributed by atoms with Gasteiger partial charge in [-0.2, -0.15) is 0 Å². The van der Waals surface area contributed by atoms with E-state index in [0.29, 0.717) is 0 Å². The van der Waals surface area contributed by atoms with E-state index in [4.69, 9.17) is 4.74 Å². The Labute approximate surface area is 110 Å². The summed E-state index contributed by atoms with van der Waals surface area (Å²) in [6.07, 6.45) is -4.85. The summed E-state index contributed by atoms with van der Waals surface area (Å²) in [6, 6.07) is 3.83. The van der Waals surface area contributed by atoms with E-state index >= 15 is 0 Å². The molecule has 0 atom stereocenters. The van der Waals surface area contributed by atoms with Crippen LogP contribution in [-0.2, 0) is 0 Å². The van der Waals surface area contributed by atoms with Gasteiger partial charge in [0, 0.05) is 0 Å². The molecule has 1 aromatic rings. The molecule has 0 aromatic heterocycles. The lowest BCUT2D eigenvalue weighted by Crippen LogP contribution is -2.19. The van der Waals surface area contributed by atoms with Gasteiger partial charge < -0.3 is 9.47 Å². The molecular formula is C11H10BrF3O3. The number of rotatable bonds is 5. The average molecular weight is 327 g/mol. The third kappa shape index (κ3) is 3.90. The van der Waals surface area contributed by atoms with Gasteiger partial charge in [0.05, 0.1) is 11.9 Å². The summed E-state index contributed by atoms with van der Waals surface area (Å²) in [6.45, 7) is 1.90. The molecule has 7 heteroatoms. The Bertz CT molecular complexity index is 432. The van der Waals surface area contributed by atoms with Crippen molar-refractivity contribution in [3.8, 4) is 11.5 Å². The standard InChI is InChI=1S/C11H10BrF3O3/c1-2-17-8-4-3-5-9(18-11(13,14)15)10(8)7(16)6-12/h3-5H,2,6H2,1H3. The lowest BCUT2D eigenvalue weighted by Gasteiger charge is -2.15. The van der Waals surface area contributed by atoms with Crippen molar-refractivity contribution in [2.45, 2.75) is 13.3 Å². The van der Waals surface area contributed by atoms with Crippen molar-refractivity contribution in [1.82, 2.24) is 0 Å². The van der Waals surface area contributed by atoms with Gasteiger partial charge in [0.15, 0.2) is 5.78 Å². The van der Waals surface area contributed by atoms with Gasteiger partial charge in [0.2, 0.25) is 0 Å². The molecular weight excluding hydrogens is 317 g/mol. The molecule has 0 amide bonds. The Kier molecular flexibility index (Phi) is 5.01. The number of hydrogen-bond acceptors (Lipinski definition) is 3. The van der Waals surface area contributed by atoms with Gasteiger partial charge in [-0.25, -0.2) is 0 Å². The maximum atomic E-state index is 12.2. The largest absolute Gasteiger partial charge is 0.573 e. The fraction of sp³-hybridized carbons (Fsp3) is 0.364. The van der Waals surface area contributed by atoms with Crippen molar-refractivity contribution < 1.29 is 27.4 Å². The second-order valence-electron chi connectivity index (χ2n) is 3.17. The highest BCUT2D eigenvalue weighted by atomic mass is 79.9. The van der Waals surface area contributed by atoms with Crippen LogP contribution in [-0.4, -0.2) is 24.1 Å². The number of benzene rings is 1. The lowest BCUT2D eigenvalue weighted by molar-refractivity contribution is -0.274. The Morgan fingerprint density at radius 2 is 1.94 bits per heavy atom. The number of carbonyl (C=O) groups is 1. The van der Waals surface area contributed by atoms with Crippen LogP contribution in [0.1, 0.15) is 17.3 Å². The molecule has 0 aliphatic heterocycles. The third-order valence-electron chi connectivity index (χ3n) is 1.91. The summed E-state index contributed by atoms with van der Waals surface area (Å²) in [7, 11) is 0. The summed E-state index contributed by atoms with van der Waals surface area (Å²) in [5, 5.41) is -0.120. The van der Waals surface area contributed by atoms with E-state index in [1.54, 1.807) is 6.92 Å². The van der Waals surface area contributed by atoms with Crippen molar-refractivity contribution in [2.75, 3.05) is 11.9 Å². The molecule has 0 aliphatic rings. The molecule has 0 aliphatic carbocycles. The second kappa shape index (κ2) is 6.08. The van der Waals surface area contributed by atoms with Crippen molar-refractivity contribution in [1.29, 1.82) is 0 Å². The first-order chi connectivity index (χ1) is 8.39. The van der Waals surface area contributed by atoms with Crippen LogP contribution in [0.3, 0.4) is 0 Å². The Hall–Kier alpha value is -1.24. The summed E-state index contributed by atoms with van der Waals surface area (Å²) in [5.74, 6) is -1.03. The molecule has 0 unspecified atom stereocenters. The Morgan fingerprint density at radius 3 is 2.44 bits per heavy atom. The highest BCUT2D eigenvalue weighted by Crippen LogP contribution is 2.33. The molecule has 1 rings (SSSR count). The number of carbonyl (C=O) groups excluding carboxylic acids is 1. The zero-order valence-corrected chi connectivity index (χ0v) is 11.0. The molecule has 0 bridgehead atoms. The predicted molar refractivity (Wildman–Crippen MR) is 62.4 cm³/mol. The Balaban J connectivity index is 3.23. The molecule has 1 aromatic carbocycles. The normalized spacial score (nSPS) is 11.2. The number of hydrogen-bond donors (Lipinski definition) is 0. The fourth-order valence-corrected chi connectivity index (χ4v) is 1.62. The van der Waals surface area contributed by atoms with Crippen LogP contribution < -0.4 is 9.47 Å². The highest BCUT2D eigenvalue weighted by Gasteiger charge is 2.33. The molecule has 18 heavy (non-hydrogen) atoms. The van der Waals surface area contributed by atoms with E-state index in [1.165, 1.54) is 12.1 Å². The number of Topliss-reactive ketones (excluding diaryl/α,β-unsaturated/α-hetero) is 1. The molecule has 0 spiro atoms. The minimum atomic E-state index is -4.85. The SMILES string of the molecule is CCOc1cccc(OC(F)(F)F)c1C(=O)CBr. The zero-order chi connectivity index (χ0) is 13.8. The second-order valence-corrected chi connectivity index (χ2v) is 3.73. The maximum Gasteiger partial charge on any atom is 0.573 e. The number of ketones is 1. The molecule has 100 valence electrons. The average Bonchev–Trinajstić information content (AvgIpc) is 2.27. The van der Waals surface area contributed by atoms with E-state index in [2.05, 4.69) is 20.7 Å². The molecule has 0 saturated carbocycles. The van der Waals surface area contributed by atoms with Gasteiger partial charge in [0.1, 0.15) is 17.1 Å². The first-order valence-electron chi connectivity index (χ1n) is 4.99. The number of halogens is 4. The first-order valence-corrected chi connectivity index (χ1v) is 6.12. The van der Waals surface area contributed by atoms with Crippen LogP contribution in [0.25, 0.3) is 0 Å². The Morgan fingerprint density at radius 1 is 1.33 bits per heavy atom. The van der Waals surface area contributed by atoms with E-state index in [9.17, 15) is 18.0 Å². The quantitative estimate of drug-likeness (QED) is 0.613. The van der Waals surface area contributed by atoms with Crippen molar-refractivity contribution in [3.63, 3.8) is 0 Å². The van der Waals surface area contributed by atoms with Crippen LogP contribution in [0.5, 0.6) is 11.5 Å². The van der Waals surface area contributed by atoms with Gasteiger partial charge in [-0.15, -0.1) is 13.2 Å². The molecule has 0 heterocycles. The minimum absolute atomic E-state index is 0.0729. The van der Waals surface area contributed by atoms with Gasteiger partial charge in [0.25, 0.3) is 0 Å². The topological polar surface area (TPSA) is 35.5 Å². The fourth-order valence-electron chi connectivity index (χ4n) is 1.34. The monoisotopic (exact) mass is 326 g/mol. The summed E-state index contributed by atoms with van der Waals surface area (Å²) in [4.78, 5) is 11.6. The predicted octanol–water partition coefficient (Wildman–Crippen LogP) is 3.56. The van der Waals surface area contributed by atoms with Crippen molar-refractivity contribution in [3.05, 3.63) is 23.8 Å². The zero-order valence-electron chi connectivity index (χ0n) is 9.38. The number of ether oxygens (including phenoxy) is 2. The summed E-state index contributed by atoms with van der Waals surface area (Å²) >= 11 is 2.91. The van der Waals surface area contributed by atoms with Crippen LogP contribution >= 0.6 is 15.9 Å². The smallest absolute Gasteiger partial charge is 0.493 e. The van der Waals surface area contributed by atoms with Crippen LogP contribution in [0.15, 0.2) is 18.2 Å². The van der Waals surface area contributed by atoms with Crippen LogP contribution in [0.4, 0.5) is 13.2 Å². The molecule has 0 saturated heterocycles. The van der Waals surface area contributed by atoms with Gasteiger partial charge in [-0.05, 0) is 19.1 Å². The third-order valence-corrected chi connectivity index (χ3v) is 2.42. The molecule has 3 nitrogen and oxygen atoms in total. The maximum absolute atomic E-state index is 12.2. The lowest BCUT2D eigenvalue weighted by atomic mass is 10.1. The molecule has 0 radical (unpaired) electrons. The van der Waals surface area contributed by atoms with Crippen LogP contribution in [0, 0.1) is 0 Å². The van der Waals surface area contributed by atoms with E-state index in [1.807, 2.05) is 0 Å². The summed E-state index contributed by atoms with van der Waals surface area (Å²) in [5.41, 5.74) is -0.214. The molecule has 0 N–H and O–H groups in total. The van der Waals surface area contributed by atoms with Gasteiger partial charge in [-0.1, -0.05) is 22.0 Å². The van der Waals surface area contributed by atoms with Gasteiger partial charge in [-0.3, -0.25) is 4.79 Å². The van der Waals surface area contributed by atoms with Crippen molar-refractivity contribution >= 4 is 21.7 Å². The molecule has 0 fully saturated rings. The summed E-state index contributed by atoms with van der Waals surface area (Å²) < 4.78 is 45.6.